The first-order valence-electron chi connectivity index (χ1n) is 9.52. The predicted octanol–water partition coefficient (Wildman–Crippen LogP) is 4.24. The fourth-order valence-electron chi connectivity index (χ4n) is 3.29. The second-order valence-electron chi connectivity index (χ2n) is 7.81. The van der Waals surface area contributed by atoms with Crippen molar-refractivity contribution in [3.63, 3.8) is 0 Å². The molecule has 0 spiro atoms. The number of nitrogens with one attached hydrogen (secondary N) is 2. The number of pyridine rings is 1. The highest BCUT2D eigenvalue weighted by Gasteiger charge is 2.64. The van der Waals surface area contributed by atoms with E-state index in [1.165, 1.54) is 0 Å². The first kappa shape index (κ1) is 19.1. The van der Waals surface area contributed by atoms with Gasteiger partial charge in [-0.2, -0.15) is 13.2 Å². The summed E-state index contributed by atoms with van der Waals surface area (Å²) >= 11 is 1.10. The second kappa shape index (κ2) is 6.56. The van der Waals surface area contributed by atoms with E-state index in [2.05, 4.69) is 15.6 Å². The molecule has 2 aliphatic rings. The standard InChI is InChI=1S/C20H17F3N4O2S/c21-20(22,23)19(5-6-19)26-18(29)14-7-13(10-30-14)12-3-4-16-24-15(9-27(16)8-12)25-17(28)11-1-2-11/h3-4,7-11H,1-2,5-6H2,(H,25,28)(H,26,29). The van der Waals surface area contributed by atoms with Gasteiger partial charge in [-0.05, 0) is 60.4 Å². The van der Waals surface area contributed by atoms with Crippen molar-refractivity contribution >= 4 is 34.6 Å². The molecule has 6 nitrogen and oxygen atoms in total. The third-order valence-corrected chi connectivity index (χ3v) is 6.38. The molecule has 10 heteroatoms. The average Bonchev–Trinajstić information content (AvgIpc) is 3.59. The Bertz CT molecular complexity index is 1160. The third kappa shape index (κ3) is 3.45. The fourth-order valence-corrected chi connectivity index (χ4v) is 4.10. The monoisotopic (exact) mass is 434 g/mol. The van der Waals surface area contributed by atoms with Gasteiger partial charge < -0.3 is 15.0 Å². The zero-order chi connectivity index (χ0) is 21.1. The lowest BCUT2D eigenvalue weighted by molar-refractivity contribution is -0.163. The van der Waals surface area contributed by atoms with Gasteiger partial charge in [0.1, 0.15) is 11.2 Å². The highest BCUT2D eigenvalue weighted by atomic mass is 32.1. The molecule has 2 N–H and O–H groups in total. The van der Waals surface area contributed by atoms with Crippen LogP contribution < -0.4 is 10.6 Å². The lowest BCUT2D eigenvalue weighted by atomic mass is 10.1. The molecular formula is C20H17F3N4O2S. The van der Waals surface area contributed by atoms with Gasteiger partial charge in [-0.15, -0.1) is 11.3 Å². The quantitative estimate of drug-likeness (QED) is 0.631. The molecule has 2 aliphatic carbocycles. The van der Waals surface area contributed by atoms with E-state index in [1.807, 2.05) is 6.07 Å². The molecule has 2 amide bonds. The number of rotatable bonds is 5. The average molecular weight is 434 g/mol. The summed E-state index contributed by atoms with van der Waals surface area (Å²) in [7, 11) is 0. The summed E-state index contributed by atoms with van der Waals surface area (Å²) in [6.07, 6.45) is 0.704. The van der Waals surface area contributed by atoms with E-state index in [0.717, 1.165) is 35.3 Å². The fraction of sp³-hybridized carbons (Fsp3) is 0.350. The van der Waals surface area contributed by atoms with Crippen LogP contribution in [0.2, 0.25) is 0 Å². The number of nitrogens with zero attached hydrogens (tertiary/aromatic N) is 2. The van der Waals surface area contributed by atoms with E-state index < -0.39 is 17.6 Å². The molecule has 3 aromatic heterocycles. The van der Waals surface area contributed by atoms with Crippen LogP contribution in [0.1, 0.15) is 35.4 Å². The van der Waals surface area contributed by atoms with Crippen LogP contribution in [0.5, 0.6) is 0 Å². The first-order valence-corrected chi connectivity index (χ1v) is 10.4. The van der Waals surface area contributed by atoms with E-state index in [1.54, 1.807) is 34.3 Å². The highest BCUT2D eigenvalue weighted by molar-refractivity contribution is 7.12. The van der Waals surface area contributed by atoms with Gasteiger partial charge in [-0.3, -0.25) is 9.59 Å². The summed E-state index contributed by atoms with van der Waals surface area (Å²) in [6.45, 7) is 0. The Morgan fingerprint density at radius 1 is 1.17 bits per heavy atom. The normalized spacial score (nSPS) is 17.7. The van der Waals surface area contributed by atoms with Gasteiger partial charge in [0.2, 0.25) is 5.91 Å². The lowest BCUT2D eigenvalue weighted by Crippen LogP contribution is -2.47. The van der Waals surface area contributed by atoms with Crippen LogP contribution in [0.4, 0.5) is 19.0 Å². The van der Waals surface area contributed by atoms with Gasteiger partial charge in [0.25, 0.3) is 5.91 Å². The number of fused-ring (bicyclic) bond motifs is 1. The van der Waals surface area contributed by atoms with Crippen molar-refractivity contribution in [2.75, 3.05) is 5.32 Å². The number of alkyl halides is 3. The Morgan fingerprint density at radius 3 is 2.60 bits per heavy atom. The Hall–Kier alpha value is -2.88. The van der Waals surface area contributed by atoms with Gasteiger partial charge in [-0.1, -0.05) is 0 Å². The molecule has 0 bridgehead atoms. The number of imidazole rings is 1. The maximum Gasteiger partial charge on any atom is 0.411 e. The first-order chi connectivity index (χ1) is 14.2. The van der Waals surface area contributed by atoms with E-state index in [0.29, 0.717) is 11.5 Å². The summed E-state index contributed by atoms with van der Waals surface area (Å²) in [6, 6.07) is 5.18. The minimum atomic E-state index is -4.44. The maximum atomic E-state index is 13.1. The molecule has 0 aromatic carbocycles. The van der Waals surface area contributed by atoms with Crippen molar-refractivity contribution in [1.29, 1.82) is 0 Å². The summed E-state index contributed by atoms with van der Waals surface area (Å²) in [5.41, 5.74) is 0.0814. The van der Waals surface area contributed by atoms with Crippen LogP contribution in [0, 0.1) is 5.92 Å². The topological polar surface area (TPSA) is 75.5 Å². The van der Waals surface area contributed by atoms with E-state index in [4.69, 9.17) is 0 Å². The van der Waals surface area contributed by atoms with Crippen LogP contribution in [0.15, 0.2) is 36.0 Å². The SMILES string of the molecule is O=C(NC1(C(F)(F)F)CC1)c1cc(-c2ccc3nc(NC(=O)C4CC4)cn3c2)cs1. The number of carbonyl (C=O) groups is 2. The minimum Gasteiger partial charge on any atom is -0.337 e. The van der Waals surface area contributed by atoms with Crippen molar-refractivity contribution < 1.29 is 22.8 Å². The number of anilines is 1. The molecule has 3 aromatic rings. The van der Waals surface area contributed by atoms with Crippen LogP contribution >= 0.6 is 11.3 Å². The Morgan fingerprint density at radius 2 is 1.93 bits per heavy atom. The number of thiophene rings is 1. The number of amides is 2. The number of aromatic nitrogens is 2. The summed E-state index contributed by atoms with van der Waals surface area (Å²) in [5.74, 6) is -0.196. The largest absolute Gasteiger partial charge is 0.411 e. The smallest absolute Gasteiger partial charge is 0.337 e. The molecule has 0 unspecified atom stereocenters. The van der Waals surface area contributed by atoms with Crippen LogP contribution in [0.3, 0.4) is 0 Å². The Kier molecular flexibility index (Phi) is 4.18. The molecule has 2 fully saturated rings. The maximum absolute atomic E-state index is 13.1. The van der Waals surface area contributed by atoms with Gasteiger partial charge in [-0.25, -0.2) is 4.98 Å². The number of hydrogen-bond acceptors (Lipinski definition) is 4. The highest BCUT2D eigenvalue weighted by Crippen LogP contribution is 2.49. The minimum absolute atomic E-state index is 0.0283. The molecule has 0 aliphatic heterocycles. The molecule has 2 saturated carbocycles. The molecule has 30 heavy (non-hydrogen) atoms. The third-order valence-electron chi connectivity index (χ3n) is 5.45. The van der Waals surface area contributed by atoms with Crippen molar-refractivity contribution in [1.82, 2.24) is 14.7 Å². The predicted molar refractivity (Wildman–Crippen MR) is 105 cm³/mol. The second-order valence-corrected chi connectivity index (χ2v) is 8.72. The van der Waals surface area contributed by atoms with Crippen molar-refractivity contribution in [2.24, 2.45) is 5.92 Å². The molecular weight excluding hydrogens is 417 g/mol. The van der Waals surface area contributed by atoms with Gasteiger partial charge in [0.15, 0.2) is 5.82 Å². The van der Waals surface area contributed by atoms with E-state index in [9.17, 15) is 22.8 Å². The summed E-state index contributed by atoms with van der Waals surface area (Å²) in [5, 5.41) is 6.67. The van der Waals surface area contributed by atoms with E-state index in [-0.39, 0.29) is 29.5 Å². The Balaban J connectivity index is 1.34. The van der Waals surface area contributed by atoms with Crippen LogP contribution in [0.25, 0.3) is 16.8 Å². The number of hydrogen-bond donors (Lipinski definition) is 2. The summed E-state index contributed by atoms with van der Waals surface area (Å²) < 4.78 is 41.0. The number of halogens is 3. The van der Waals surface area contributed by atoms with Gasteiger partial charge >= 0.3 is 6.18 Å². The van der Waals surface area contributed by atoms with E-state index >= 15 is 0 Å². The summed E-state index contributed by atoms with van der Waals surface area (Å²) in [4.78, 5) is 28.8. The van der Waals surface area contributed by atoms with Gasteiger partial charge in [0, 0.05) is 12.1 Å². The molecule has 5 rings (SSSR count). The van der Waals surface area contributed by atoms with Crippen molar-refractivity contribution in [2.45, 2.75) is 37.4 Å². The van der Waals surface area contributed by atoms with Crippen molar-refractivity contribution in [3.05, 3.63) is 40.8 Å². The molecule has 0 radical (unpaired) electrons. The lowest BCUT2D eigenvalue weighted by Gasteiger charge is -2.20. The van der Waals surface area contributed by atoms with Gasteiger partial charge in [0.05, 0.1) is 11.1 Å². The Labute approximate surface area is 173 Å². The molecule has 156 valence electrons. The number of carbonyl (C=O) groups excluding carboxylic acids is 2. The van der Waals surface area contributed by atoms with Crippen LogP contribution in [-0.4, -0.2) is 32.9 Å². The molecule has 3 heterocycles. The molecule has 0 atom stereocenters. The molecule has 0 saturated heterocycles. The van der Waals surface area contributed by atoms with Crippen LogP contribution in [-0.2, 0) is 4.79 Å². The van der Waals surface area contributed by atoms with Crippen molar-refractivity contribution in [3.8, 4) is 11.1 Å². The zero-order valence-corrected chi connectivity index (χ0v) is 16.4. The zero-order valence-electron chi connectivity index (χ0n) is 15.6.